The molecule has 1 rings (SSSR count). The fraction of sp³-hybridized carbons (Fsp3) is 0.500. The van der Waals surface area contributed by atoms with Crippen molar-refractivity contribution in [3.63, 3.8) is 0 Å². The lowest BCUT2D eigenvalue weighted by atomic mass is 10.1. The van der Waals surface area contributed by atoms with E-state index >= 15 is 0 Å². The number of hydrogen-bond donors (Lipinski definition) is 2. The Morgan fingerprint density at radius 3 is 2.50 bits per heavy atom. The van der Waals surface area contributed by atoms with Crippen LogP contribution in [0.5, 0.6) is 0 Å². The highest BCUT2D eigenvalue weighted by atomic mass is 16.6. The molecule has 0 aliphatic carbocycles. The van der Waals surface area contributed by atoms with E-state index in [1.165, 1.54) is 5.56 Å². The molecule has 0 heterocycles. The van der Waals surface area contributed by atoms with Crippen molar-refractivity contribution in [1.29, 1.82) is 0 Å². The molecule has 1 aromatic carbocycles. The smallest absolute Gasteiger partial charge is 0.407 e. The molecule has 4 nitrogen and oxygen atoms in total. The van der Waals surface area contributed by atoms with Crippen molar-refractivity contribution in [3.05, 3.63) is 48.0 Å². The molecule has 0 bridgehead atoms. The van der Waals surface area contributed by atoms with Crippen LogP contribution in [0.4, 0.5) is 4.79 Å². The van der Waals surface area contributed by atoms with E-state index in [2.05, 4.69) is 34.9 Å². The molecule has 22 heavy (non-hydrogen) atoms. The monoisotopic (exact) mass is 304 g/mol. The van der Waals surface area contributed by atoms with Gasteiger partial charge in [-0.3, -0.25) is 0 Å². The third-order valence-corrected chi connectivity index (χ3v) is 2.85. The second kappa shape index (κ2) is 10.0. The van der Waals surface area contributed by atoms with Crippen LogP contribution in [0.25, 0.3) is 0 Å². The van der Waals surface area contributed by atoms with Crippen LogP contribution >= 0.6 is 0 Å². The van der Waals surface area contributed by atoms with Gasteiger partial charge < -0.3 is 15.4 Å². The Morgan fingerprint density at radius 1 is 1.14 bits per heavy atom. The second-order valence-corrected chi connectivity index (χ2v) is 6.15. The summed E-state index contributed by atoms with van der Waals surface area (Å²) in [4.78, 5) is 11.4. The number of nitrogens with one attached hydrogen (secondary N) is 2. The Morgan fingerprint density at radius 2 is 1.82 bits per heavy atom. The van der Waals surface area contributed by atoms with E-state index in [9.17, 15) is 4.79 Å². The summed E-state index contributed by atoms with van der Waals surface area (Å²) in [6.45, 7) is 7.83. The molecule has 1 amide bonds. The summed E-state index contributed by atoms with van der Waals surface area (Å²) >= 11 is 0. The summed E-state index contributed by atoms with van der Waals surface area (Å²) in [7, 11) is 0. The lowest BCUT2D eigenvalue weighted by molar-refractivity contribution is 0.0534. The van der Waals surface area contributed by atoms with Crippen LogP contribution in [0, 0.1) is 0 Å². The second-order valence-electron chi connectivity index (χ2n) is 6.15. The van der Waals surface area contributed by atoms with E-state index in [-0.39, 0.29) is 6.09 Å². The topological polar surface area (TPSA) is 50.4 Å². The van der Waals surface area contributed by atoms with Crippen molar-refractivity contribution in [2.75, 3.05) is 19.6 Å². The summed E-state index contributed by atoms with van der Waals surface area (Å²) in [6, 6.07) is 10.5. The molecule has 0 radical (unpaired) electrons. The Bertz CT molecular complexity index is 450. The molecule has 122 valence electrons. The van der Waals surface area contributed by atoms with Crippen LogP contribution in [0.1, 0.15) is 32.8 Å². The van der Waals surface area contributed by atoms with Gasteiger partial charge in [-0.05, 0) is 45.7 Å². The van der Waals surface area contributed by atoms with Crippen molar-refractivity contribution >= 4 is 6.09 Å². The molecule has 0 saturated heterocycles. The van der Waals surface area contributed by atoms with Crippen molar-refractivity contribution in [2.45, 2.75) is 39.2 Å². The maximum atomic E-state index is 11.4. The highest BCUT2D eigenvalue weighted by Crippen LogP contribution is 2.06. The summed E-state index contributed by atoms with van der Waals surface area (Å²) in [5.41, 5.74) is 0.926. The van der Waals surface area contributed by atoms with Gasteiger partial charge in [-0.25, -0.2) is 4.79 Å². The van der Waals surface area contributed by atoms with Crippen LogP contribution in [0.3, 0.4) is 0 Å². The SMILES string of the molecule is CC(C)(C)OC(=O)NC/C=C/CNCCCc1ccccc1. The van der Waals surface area contributed by atoms with Gasteiger partial charge in [0, 0.05) is 13.1 Å². The van der Waals surface area contributed by atoms with E-state index < -0.39 is 5.60 Å². The highest BCUT2D eigenvalue weighted by molar-refractivity contribution is 5.67. The molecule has 0 unspecified atom stereocenters. The molecule has 0 spiro atoms. The first-order valence-electron chi connectivity index (χ1n) is 7.84. The maximum Gasteiger partial charge on any atom is 0.407 e. The van der Waals surface area contributed by atoms with Gasteiger partial charge in [0.1, 0.15) is 5.60 Å². The van der Waals surface area contributed by atoms with Gasteiger partial charge in [-0.1, -0.05) is 42.5 Å². The summed E-state index contributed by atoms with van der Waals surface area (Å²) < 4.78 is 5.14. The number of carbonyl (C=O) groups excluding carboxylic acids is 1. The molecule has 0 saturated carbocycles. The normalized spacial score (nSPS) is 11.6. The average Bonchev–Trinajstić information content (AvgIpc) is 2.44. The Kier molecular flexibility index (Phi) is 8.30. The molecule has 0 atom stereocenters. The predicted octanol–water partition coefficient (Wildman–Crippen LogP) is 3.29. The van der Waals surface area contributed by atoms with Crippen molar-refractivity contribution in [3.8, 4) is 0 Å². The number of rotatable bonds is 8. The maximum absolute atomic E-state index is 11.4. The molecule has 0 aliphatic rings. The number of alkyl carbamates (subject to hydrolysis) is 1. The van der Waals surface area contributed by atoms with Crippen LogP contribution in [-0.4, -0.2) is 31.3 Å². The van der Waals surface area contributed by atoms with Gasteiger partial charge in [0.25, 0.3) is 0 Å². The zero-order chi connectivity index (χ0) is 16.3. The van der Waals surface area contributed by atoms with E-state index in [0.29, 0.717) is 6.54 Å². The summed E-state index contributed by atoms with van der Waals surface area (Å²) in [6.07, 6.45) is 5.77. The molecular weight excluding hydrogens is 276 g/mol. The van der Waals surface area contributed by atoms with Crippen molar-refractivity contribution in [1.82, 2.24) is 10.6 Å². The minimum atomic E-state index is -0.450. The van der Waals surface area contributed by atoms with Crippen LogP contribution in [0.15, 0.2) is 42.5 Å². The molecule has 4 heteroatoms. The number of ether oxygens (including phenoxy) is 1. The van der Waals surface area contributed by atoms with Gasteiger partial charge in [0.05, 0.1) is 0 Å². The fourth-order valence-corrected chi connectivity index (χ4v) is 1.87. The molecule has 0 aliphatic heterocycles. The molecule has 0 aromatic heterocycles. The molecular formula is C18H28N2O2. The zero-order valence-corrected chi connectivity index (χ0v) is 13.9. The highest BCUT2D eigenvalue weighted by Gasteiger charge is 2.14. The van der Waals surface area contributed by atoms with E-state index in [4.69, 9.17) is 4.74 Å². The lowest BCUT2D eigenvalue weighted by Gasteiger charge is -2.19. The fourth-order valence-electron chi connectivity index (χ4n) is 1.87. The third kappa shape index (κ3) is 10.00. The Balaban J connectivity index is 1.97. The standard InChI is InChI=1S/C18H28N2O2/c1-18(2,3)22-17(21)20-15-8-7-13-19-14-9-12-16-10-5-4-6-11-16/h4-8,10-11,19H,9,12-15H2,1-3H3,(H,20,21)/b8-7+. The predicted molar refractivity (Wildman–Crippen MR) is 91.0 cm³/mol. The van der Waals surface area contributed by atoms with Gasteiger partial charge in [-0.15, -0.1) is 0 Å². The number of amides is 1. The van der Waals surface area contributed by atoms with Gasteiger partial charge in [0.2, 0.25) is 0 Å². The summed E-state index contributed by atoms with van der Waals surface area (Å²) in [5.74, 6) is 0. The van der Waals surface area contributed by atoms with Gasteiger partial charge >= 0.3 is 6.09 Å². The number of aryl methyl sites for hydroxylation is 1. The minimum Gasteiger partial charge on any atom is -0.444 e. The number of carbonyl (C=O) groups is 1. The average molecular weight is 304 g/mol. The Hall–Kier alpha value is -1.81. The molecule has 1 aromatic rings. The minimum absolute atomic E-state index is 0.382. The first-order chi connectivity index (χ1) is 10.5. The first-order valence-corrected chi connectivity index (χ1v) is 7.84. The van der Waals surface area contributed by atoms with Crippen LogP contribution in [0.2, 0.25) is 0 Å². The Labute approximate surface area is 133 Å². The van der Waals surface area contributed by atoms with Crippen molar-refractivity contribution in [2.24, 2.45) is 0 Å². The summed E-state index contributed by atoms with van der Waals surface area (Å²) in [5, 5.41) is 6.04. The van der Waals surface area contributed by atoms with Crippen LogP contribution in [-0.2, 0) is 11.2 Å². The van der Waals surface area contributed by atoms with Gasteiger partial charge in [0.15, 0.2) is 0 Å². The van der Waals surface area contributed by atoms with E-state index in [1.807, 2.05) is 39.0 Å². The van der Waals surface area contributed by atoms with E-state index in [0.717, 1.165) is 25.9 Å². The van der Waals surface area contributed by atoms with Gasteiger partial charge in [-0.2, -0.15) is 0 Å². The lowest BCUT2D eigenvalue weighted by Crippen LogP contribution is -2.32. The van der Waals surface area contributed by atoms with Crippen molar-refractivity contribution < 1.29 is 9.53 Å². The number of benzene rings is 1. The molecule has 0 fully saturated rings. The first kappa shape index (κ1) is 18.2. The van der Waals surface area contributed by atoms with Crippen LogP contribution < -0.4 is 10.6 Å². The van der Waals surface area contributed by atoms with E-state index in [1.54, 1.807) is 0 Å². The number of hydrogen-bond acceptors (Lipinski definition) is 3. The zero-order valence-electron chi connectivity index (χ0n) is 13.9. The molecule has 2 N–H and O–H groups in total. The third-order valence-electron chi connectivity index (χ3n) is 2.85. The quantitative estimate of drug-likeness (QED) is 0.572. The largest absolute Gasteiger partial charge is 0.444 e.